The molecule has 1 saturated heterocycles. The van der Waals surface area contributed by atoms with Gasteiger partial charge in [0.15, 0.2) is 0 Å². The second kappa shape index (κ2) is 7.74. The van der Waals surface area contributed by atoms with Gasteiger partial charge < -0.3 is 4.90 Å². The van der Waals surface area contributed by atoms with Crippen molar-refractivity contribution in [2.24, 2.45) is 0 Å². The summed E-state index contributed by atoms with van der Waals surface area (Å²) in [7, 11) is 0. The second-order valence-corrected chi connectivity index (χ2v) is 6.25. The van der Waals surface area contributed by atoms with Gasteiger partial charge in [-0.3, -0.25) is 9.69 Å². The fourth-order valence-electron chi connectivity index (χ4n) is 2.65. The first-order valence-corrected chi connectivity index (χ1v) is 8.54. The molecule has 0 unspecified atom stereocenters. The van der Waals surface area contributed by atoms with Crippen molar-refractivity contribution in [2.75, 3.05) is 26.2 Å². The van der Waals surface area contributed by atoms with Gasteiger partial charge in [-0.2, -0.15) is 0 Å². The van der Waals surface area contributed by atoms with Crippen molar-refractivity contribution in [2.45, 2.75) is 46.1 Å². The molecule has 1 aromatic rings. The minimum atomic E-state index is 0.185. The van der Waals surface area contributed by atoms with Crippen molar-refractivity contribution in [1.29, 1.82) is 0 Å². The lowest BCUT2D eigenvalue weighted by Crippen LogP contribution is -2.32. The summed E-state index contributed by atoms with van der Waals surface area (Å²) in [6.45, 7) is 8.92. The fraction of sp³-hybridized carbons (Fsp3) is 0.733. The Labute approximate surface area is 125 Å². The Hall–Kier alpha value is -0.940. The number of carbonyl (C=O) groups excluding carboxylic acids is 1. The molecule has 5 heteroatoms. The third-order valence-electron chi connectivity index (χ3n) is 3.86. The van der Waals surface area contributed by atoms with Crippen LogP contribution in [0.2, 0.25) is 0 Å². The van der Waals surface area contributed by atoms with E-state index in [1.54, 1.807) is 11.3 Å². The molecule has 112 valence electrons. The molecule has 0 spiro atoms. The van der Waals surface area contributed by atoms with Crippen LogP contribution in [0.25, 0.3) is 0 Å². The maximum Gasteiger partial charge on any atom is 0.228 e. The van der Waals surface area contributed by atoms with Gasteiger partial charge in [0.2, 0.25) is 5.91 Å². The highest BCUT2D eigenvalue weighted by Crippen LogP contribution is 2.17. The number of thiazole rings is 1. The molecular weight excluding hydrogens is 270 g/mol. The average Bonchev–Trinajstić information content (AvgIpc) is 2.88. The van der Waals surface area contributed by atoms with Gasteiger partial charge in [0, 0.05) is 18.5 Å². The maximum absolute atomic E-state index is 12.1. The van der Waals surface area contributed by atoms with Gasteiger partial charge in [0.05, 0.1) is 18.7 Å². The van der Waals surface area contributed by atoms with Gasteiger partial charge in [-0.15, -0.1) is 11.3 Å². The number of aromatic nitrogens is 1. The van der Waals surface area contributed by atoms with E-state index >= 15 is 0 Å². The average molecular weight is 295 g/mol. The van der Waals surface area contributed by atoms with Crippen LogP contribution in [-0.2, 0) is 17.8 Å². The third kappa shape index (κ3) is 4.28. The van der Waals surface area contributed by atoms with Crippen molar-refractivity contribution in [1.82, 2.24) is 14.8 Å². The van der Waals surface area contributed by atoms with E-state index in [-0.39, 0.29) is 5.91 Å². The Balaban J connectivity index is 1.86. The Morgan fingerprint density at radius 2 is 2.00 bits per heavy atom. The van der Waals surface area contributed by atoms with E-state index in [0.717, 1.165) is 30.3 Å². The number of likely N-dealkylation sites (tertiary alicyclic amines) is 1. The summed E-state index contributed by atoms with van der Waals surface area (Å²) in [5.74, 6) is 0.185. The standard InChI is InChI=1S/C15H25N3OS/c1-3-18(4-2)15(19)10-13-12-20-14(16-13)11-17-8-6-5-7-9-17/h12H,3-11H2,1-2H3. The number of hydrogen-bond donors (Lipinski definition) is 0. The minimum Gasteiger partial charge on any atom is -0.343 e. The zero-order valence-electron chi connectivity index (χ0n) is 12.6. The van der Waals surface area contributed by atoms with Gasteiger partial charge in [0.25, 0.3) is 0 Å². The number of carbonyl (C=O) groups is 1. The van der Waals surface area contributed by atoms with E-state index in [0.29, 0.717) is 6.42 Å². The van der Waals surface area contributed by atoms with Gasteiger partial charge in [-0.25, -0.2) is 4.98 Å². The fourth-order valence-corrected chi connectivity index (χ4v) is 3.49. The topological polar surface area (TPSA) is 36.4 Å². The Kier molecular flexibility index (Phi) is 5.98. The molecule has 1 aliphatic heterocycles. The van der Waals surface area contributed by atoms with Crippen LogP contribution in [0.5, 0.6) is 0 Å². The first-order valence-electron chi connectivity index (χ1n) is 7.66. The SMILES string of the molecule is CCN(CC)C(=O)Cc1csc(CN2CCCCC2)n1. The largest absolute Gasteiger partial charge is 0.343 e. The number of piperidine rings is 1. The first kappa shape index (κ1) is 15.4. The molecule has 20 heavy (non-hydrogen) atoms. The Morgan fingerprint density at radius 3 is 2.65 bits per heavy atom. The van der Waals surface area contributed by atoms with Crippen LogP contribution in [-0.4, -0.2) is 46.9 Å². The molecule has 0 atom stereocenters. The monoisotopic (exact) mass is 295 g/mol. The van der Waals surface area contributed by atoms with Gasteiger partial charge in [0.1, 0.15) is 5.01 Å². The molecule has 2 rings (SSSR count). The predicted octanol–water partition coefficient (Wildman–Crippen LogP) is 2.54. The molecule has 0 N–H and O–H groups in total. The van der Waals surface area contributed by atoms with Crippen LogP contribution in [0.3, 0.4) is 0 Å². The van der Waals surface area contributed by atoms with Crippen LogP contribution >= 0.6 is 11.3 Å². The molecule has 2 heterocycles. The molecule has 4 nitrogen and oxygen atoms in total. The van der Waals surface area contributed by atoms with E-state index in [4.69, 9.17) is 0 Å². The van der Waals surface area contributed by atoms with Crippen molar-refractivity contribution < 1.29 is 4.79 Å². The van der Waals surface area contributed by atoms with E-state index in [1.807, 2.05) is 24.1 Å². The number of likely N-dealkylation sites (N-methyl/N-ethyl adjacent to an activating group) is 1. The molecule has 0 aliphatic carbocycles. The quantitative estimate of drug-likeness (QED) is 0.809. The lowest BCUT2D eigenvalue weighted by molar-refractivity contribution is -0.130. The molecule has 1 aromatic heterocycles. The summed E-state index contributed by atoms with van der Waals surface area (Å²) in [6.07, 6.45) is 4.41. The minimum absolute atomic E-state index is 0.185. The molecular formula is C15H25N3OS. The second-order valence-electron chi connectivity index (χ2n) is 5.31. The normalized spacial score (nSPS) is 16.3. The first-order chi connectivity index (χ1) is 9.72. The molecule has 1 aliphatic rings. The lowest BCUT2D eigenvalue weighted by Gasteiger charge is -2.25. The lowest BCUT2D eigenvalue weighted by atomic mass is 10.1. The zero-order chi connectivity index (χ0) is 14.4. The van der Waals surface area contributed by atoms with Crippen LogP contribution in [0.15, 0.2) is 5.38 Å². The summed E-state index contributed by atoms with van der Waals surface area (Å²) in [6, 6.07) is 0. The number of rotatable bonds is 6. The number of nitrogens with zero attached hydrogens (tertiary/aromatic N) is 3. The summed E-state index contributed by atoms with van der Waals surface area (Å²) in [5.41, 5.74) is 0.930. The van der Waals surface area contributed by atoms with Gasteiger partial charge in [-0.1, -0.05) is 6.42 Å². The van der Waals surface area contributed by atoms with Gasteiger partial charge >= 0.3 is 0 Å². The molecule has 0 bridgehead atoms. The summed E-state index contributed by atoms with van der Waals surface area (Å²) < 4.78 is 0. The van der Waals surface area contributed by atoms with Crippen LogP contribution in [0.4, 0.5) is 0 Å². The number of hydrogen-bond acceptors (Lipinski definition) is 4. The van der Waals surface area contributed by atoms with Crippen molar-refractivity contribution >= 4 is 17.2 Å². The Morgan fingerprint density at radius 1 is 1.30 bits per heavy atom. The molecule has 0 saturated carbocycles. The van der Waals surface area contributed by atoms with Crippen LogP contribution in [0.1, 0.15) is 43.8 Å². The third-order valence-corrected chi connectivity index (χ3v) is 4.74. The van der Waals surface area contributed by atoms with E-state index < -0.39 is 0 Å². The van der Waals surface area contributed by atoms with Crippen LogP contribution in [0, 0.1) is 0 Å². The predicted molar refractivity (Wildman–Crippen MR) is 82.9 cm³/mol. The molecule has 0 radical (unpaired) electrons. The van der Waals surface area contributed by atoms with Crippen molar-refractivity contribution in [3.05, 3.63) is 16.1 Å². The van der Waals surface area contributed by atoms with Gasteiger partial charge in [-0.05, 0) is 39.8 Å². The molecule has 1 amide bonds. The zero-order valence-corrected chi connectivity index (χ0v) is 13.4. The highest BCUT2D eigenvalue weighted by molar-refractivity contribution is 7.09. The highest BCUT2D eigenvalue weighted by atomic mass is 32.1. The van der Waals surface area contributed by atoms with E-state index in [2.05, 4.69) is 9.88 Å². The summed E-state index contributed by atoms with van der Waals surface area (Å²) >= 11 is 1.69. The van der Waals surface area contributed by atoms with E-state index in [1.165, 1.54) is 32.4 Å². The molecule has 1 fully saturated rings. The van der Waals surface area contributed by atoms with Crippen LogP contribution < -0.4 is 0 Å². The maximum atomic E-state index is 12.1. The summed E-state index contributed by atoms with van der Waals surface area (Å²) in [5, 5.41) is 3.19. The highest BCUT2D eigenvalue weighted by Gasteiger charge is 2.15. The van der Waals surface area contributed by atoms with E-state index in [9.17, 15) is 4.79 Å². The Bertz CT molecular complexity index is 423. The van der Waals surface area contributed by atoms with Crippen molar-refractivity contribution in [3.8, 4) is 0 Å². The summed E-state index contributed by atoms with van der Waals surface area (Å²) in [4.78, 5) is 21.0. The van der Waals surface area contributed by atoms with Crippen molar-refractivity contribution in [3.63, 3.8) is 0 Å². The molecule has 0 aromatic carbocycles. The number of amides is 1. The smallest absolute Gasteiger partial charge is 0.228 e.